The van der Waals surface area contributed by atoms with E-state index in [1.807, 2.05) is 6.92 Å². The SMILES string of the molecule is CCC(CO)OC(COC(=O)CCCC(=O)NCCNC(=O)CCOCCOCCNC(=O)CCN1C(=O)CC(SCC(N)C(=O)O)C1=O)OC. The molecule has 1 rings (SSSR count). The van der Waals surface area contributed by atoms with Gasteiger partial charge in [0.05, 0.1) is 44.4 Å². The molecule has 0 bridgehead atoms. The molecule has 1 fully saturated rings. The van der Waals surface area contributed by atoms with Crippen molar-refractivity contribution in [3.05, 3.63) is 0 Å². The van der Waals surface area contributed by atoms with Gasteiger partial charge in [0.25, 0.3) is 0 Å². The minimum Gasteiger partial charge on any atom is -0.480 e. The number of rotatable bonds is 30. The van der Waals surface area contributed by atoms with E-state index >= 15 is 0 Å². The lowest BCUT2D eigenvalue weighted by atomic mass is 10.2. The molecule has 0 saturated carbocycles. The highest BCUT2D eigenvalue weighted by Gasteiger charge is 2.39. The summed E-state index contributed by atoms with van der Waals surface area (Å²) in [6, 6.07) is -1.14. The molecule has 0 radical (unpaired) electrons. The van der Waals surface area contributed by atoms with Crippen LogP contribution in [-0.2, 0) is 57.2 Å². The molecule has 1 saturated heterocycles. The van der Waals surface area contributed by atoms with Crippen molar-refractivity contribution < 1.29 is 67.5 Å². The van der Waals surface area contributed by atoms with Crippen molar-refractivity contribution in [3.8, 4) is 0 Å². The Balaban J connectivity index is 1.99. The highest BCUT2D eigenvalue weighted by atomic mass is 32.2. The normalized spacial score (nSPS) is 16.0. The Labute approximate surface area is 301 Å². The molecule has 1 aliphatic rings. The summed E-state index contributed by atoms with van der Waals surface area (Å²) in [7, 11) is 1.40. The van der Waals surface area contributed by atoms with Gasteiger partial charge in [0, 0.05) is 71.1 Å². The molecule has 4 atom stereocenters. The highest BCUT2D eigenvalue weighted by molar-refractivity contribution is 8.00. The van der Waals surface area contributed by atoms with E-state index in [1.165, 1.54) is 7.11 Å². The number of hydrogen-bond donors (Lipinski definition) is 6. The standard InChI is InChI=1S/C31H53N5O14S/c1-3-21(18-37)50-29(46-2)19-49-28(42)6-4-5-24(38)33-9-10-34-26(40)8-13-47-15-16-48-14-11-35-25(39)7-12-36-27(41)17-23(30(36)43)51-20-22(32)31(44)45/h21-23,29,37H,3-20,32H2,1-2H3,(H,33,38)(H,34,40)(H,35,39)(H,44,45). The topological polar surface area (TPSA) is 271 Å². The van der Waals surface area contributed by atoms with Gasteiger partial charge in [-0.3, -0.25) is 38.5 Å². The molecule has 20 heteroatoms. The lowest BCUT2D eigenvalue weighted by molar-refractivity contribution is -0.194. The Bertz CT molecular complexity index is 1110. The molecule has 51 heavy (non-hydrogen) atoms. The van der Waals surface area contributed by atoms with Crippen LogP contribution in [0.5, 0.6) is 0 Å². The maximum atomic E-state index is 12.4. The van der Waals surface area contributed by atoms with Gasteiger partial charge in [-0.25, -0.2) is 0 Å². The summed E-state index contributed by atoms with van der Waals surface area (Å²) in [6.45, 7) is 2.92. The third-order valence-corrected chi connectivity index (χ3v) is 8.50. The number of aliphatic hydroxyl groups is 1. The molecule has 292 valence electrons. The number of carbonyl (C=O) groups excluding carboxylic acids is 6. The summed E-state index contributed by atoms with van der Waals surface area (Å²) in [6.07, 6.45) is -0.261. The van der Waals surface area contributed by atoms with E-state index in [-0.39, 0.29) is 128 Å². The van der Waals surface area contributed by atoms with Crippen LogP contribution in [-0.4, -0.2) is 159 Å². The zero-order valence-electron chi connectivity index (χ0n) is 29.3. The Morgan fingerprint density at radius 1 is 0.922 bits per heavy atom. The predicted octanol–water partition coefficient (Wildman–Crippen LogP) is -2.11. The summed E-state index contributed by atoms with van der Waals surface area (Å²) < 4.78 is 26.4. The summed E-state index contributed by atoms with van der Waals surface area (Å²) in [5.74, 6) is -3.48. The number of carboxylic acid groups (broad SMARTS) is 1. The first-order valence-corrected chi connectivity index (χ1v) is 17.8. The number of thioether (sulfide) groups is 1. The lowest BCUT2D eigenvalue weighted by Gasteiger charge is -2.21. The molecule has 7 N–H and O–H groups in total. The minimum absolute atomic E-state index is 0.00881. The van der Waals surface area contributed by atoms with Crippen LogP contribution in [0.1, 0.15) is 51.9 Å². The molecule has 0 aliphatic carbocycles. The van der Waals surface area contributed by atoms with E-state index < -0.39 is 47.4 Å². The molecule has 1 aliphatic heterocycles. The van der Waals surface area contributed by atoms with Gasteiger partial charge in [0.15, 0.2) is 6.29 Å². The lowest BCUT2D eigenvalue weighted by Crippen LogP contribution is -2.37. The van der Waals surface area contributed by atoms with Crippen molar-refractivity contribution in [3.63, 3.8) is 0 Å². The number of methoxy groups -OCH3 is 1. The second-order valence-corrected chi connectivity index (χ2v) is 12.4. The Kier molecular flexibility index (Phi) is 24.4. The first kappa shape index (κ1) is 45.6. The summed E-state index contributed by atoms with van der Waals surface area (Å²) in [5, 5.41) is 25.3. The van der Waals surface area contributed by atoms with Crippen molar-refractivity contribution in [1.82, 2.24) is 20.9 Å². The third-order valence-electron chi connectivity index (χ3n) is 7.17. The molecule has 5 amide bonds. The summed E-state index contributed by atoms with van der Waals surface area (Å²) in [5.41, 5.74) is 5.44. The monoisotopic (exact) mass is 751 g/mol. The van der Waals surface area contributed by atoms with Gasteiger partial charge in [-0.05, 0) is 12.8 Å². The van der Waals surface area contributed by atoms with Gasteiger partial charge in [-0.2, -0.15) is 0 Å². The van der Waals surface area contributed by atoms with Crippen LogP contribution in [0, 0.1) is 0 Å². The number of aliphatic carboxylic acids is 1. The minimum atomic E-state index is -1.19. The Hall–Kier alpha value is -3.40. The number of likely N-dealkylation sites (tertiary alicyclic amines) is 1. The molecule has 0 spiro atoms. The first-order valence-electron chi connectivity index (χ1n) is 16.8. The number of imide groups is 1. The van der Waals surface area contributed by atoms with Crippen molar-refractivity contribution in [2.24, 2.45) is 5.73 Å². The van der Waals surface area contributed by atoms with Gasteiger partial charge in [0.1, 0.15) is 12.6 Å². The second-order valence-electron chi connectivity index (χ2n) is 11.2. The molecule has 4 unspecified atom stereocenters. The number of aliphatic hydroxyl groups excluding tert-OH is 1. The van der Waals surface area contributed by atoms with E-state index in [1.54, 1.807) is 0 Å². The van der Waals surface area contributed by atoms with Gasteiger partial charge in [-0.15, -0.1) is 11.8 Å². The highest BCUT2D eigenvalue weighted by Crippen LogP contribution is 2.25. The number of nitrogens with two attached hydrogens (primary N) is 1. The van der Waals surface area contributed by atoms with Crippen molar-refractivity contribution >= 4 is 53.2 Å². The zero-order chi connectivity index (χ0) is 38.0. The maximum absolute atomic E-state index is 12.4. The third kappa shape index (κ3) is 20.9. The van der Waals surface area contributed by atoms with Crippen LogP contribution in [0.4, 0.5) is 0 Å². The number of esters is 1. The van der Waals surface area contributed by atoms with E-state index in [4.69, 9.17) is 34.5 Å². The molecular formula is C31H53N5O14S. The molecule has 19 nitrogen and oxygen atoms in total. The average molecular weight is 752 g/mol. The fraction of sp³-hybridized carbons (Fsp3) is 0.774. The number of carbonyl (C=O) groups is 7. The zero-order valence-corrected chi connectivity index (χ0v) is 30.1. The van der Waals surface area contributed by atoms with Gasteiger partial charge < -0.3 is 55.6 Å². The van der Waals surface area contributed by atoms with Crippen molar-refractivity contribution in [1.29, 1.82) is 0 Å². The van der Waals surface area contributed by atoms with E-state index in [0.717, 1.165) is 16.7 Å². The van der Waals surface area contributed by atoms with Gasteiger partial charge >= 0.3 is 11.9 Å². The Morgan fingerprint density at radius 3 is 2.18 bits per heavy atom. The quantitative estimate of drug-likeness (QED) is 0.0198. The van der Waals surface area contributed by atoms with Crippen molar-refractivity contribution in [2.75, 3.05) is 78.7 Å². The van der Waals surface area contributed by atoms with Crippen LogP contribution >= 0.6 is 11.8 Å². The number of amides is 5. The number of nitrogens with zero attached hydrogens (tertiary/aromatic N) is 1. The molecule has 1 heterocycles. The second kappa shape index (κ2) is 27.3. The fourth-order valence-corrected chi connectivity index (χ4v) is 5.33. The van der Waals surface area contributed by atoms with Crippen LogP contribution in [0.2, 0.25) is 0 Å². The fourth-order valence-electron chi connectivity index (χ4n) is 4.21. The summed E-state index contributed by atoms with van der Waals surface area (Å²) >= 11 is 1.01. The summed E-state index contributed by atoms with van der Waals surface area (Å²) in [4.78, 5) is 84.3. The van der Waals surface area contributed by atoms with Gasteiger partial charge in [-0.1, -0.05) is 6.92 Å². The smallest absolute Gasteiger partial charge is 0.321 e. The van der Waals surface area contributed by atoms with Gasteiger partial charge in [0.2, 0.25) is 29.5 Å². The predicted molar refractivity (Wildman–Crippen MR) is 181 cm³/mol. The molecule has 0 aromatic rings. The Morgan fingerprint density at radius 2 is 1.55 bits per heavy atom. The average Bonchev–Trinajstić information content (AvgIpc) is 3.38. The van der Waals surface area contributed by atoms with Crippen LogP contribution < -0.4 is 21.7 Å². The molecular weight excluding hydrogens is 698 g/mol. The molecule has 0 aromatic carbocycles. The van der Waals surface area contributed by atoms with E-state index in [0.29, 0.717) is 6.42 Å². The molecule has 0 aromatic heterocycles. The first-order chi connectivity index (χ1) is 24.4. The number of hydrogen-bond acceptors (Lipinski definition) is 15. The van der Waals surface area contributed by atoms with Crippen LogP contribution in [0.3, 0.4) is 0 Å². The number of carboxylic acids is 1. The van der Waals surface area contributed by atoms with Crippen LogP contribution in [0.15, 0.2) is 0 Å². The van der Waals surface area contributed by atoms with E-state index in [2.05, 4.69) is 16.0 Å². The number of ether oxygens (including phenoxy) is 5. The maximum Gasteiger partial charge on any atom is 0.321 e. The van der Waals surface area contributed by atoms with Crippen molar-refractivity contribution in [2.45, 2.75) is 75.6 Å². The number of nitrogens with one attached hydrogen (secondary N) is 3. The van der Waals surface area contributed by atoms with Crippen LogP contribution in [0.25, 0.3) is 0 Å². The van der Waals surface area contributed by atoms with E-state index in [9.17, 15) is 38.7 Å². The largest absolute Gasteiger partial charge is 0.480 e.